The van der Waals surface area contributed by atoms with Crippen LogP contribution in [0.1, 0.15) is 39.4 Å². The monoisotopic (exact) mass is 304 g/mol. The summed E-state index contributed by atoms with van der Waals surface area (Å²) in [5, 5.41) is 9.26. The molecular formula is C17H17ClO3. The van der Waals surface area contributed by atoms with Crippen molar-refractivity contribution in [1.29, 1.82) is 0 Å². The first-order valence-corrected chi connectivity index (χ1v) is 6.73. The lowest BCUT2D eigenvalue weighted by Crippen LogP contribution is -2.16. The molecule has 1 N–H and O–H groups in total. The standard InChI is InChI=1S/C17H16O3.ClH/c1-11-12(6-4-7-13(11)17(18)19)14-9-10-20-16-8-3-2-5-15(14)16;/h2-8,14H,9-10H2,1H3,(H,18,19);1H. The Morgan fingerprint density at radius 2 is 1.86 bits per heavy atom. The van der Waals surface area contributed by atoms with Crippen LogP contribution in [0.2, 0.25) is 0 Å². The minimum Gasteiger partial charge on any atom is -0.493 e. The van der Waals surface area contributed by atoms with Gasteiger partial charge in [-0.1, -0.05) is 30.3 Å². The van der Waals surface area contributed by atoms with Crippen molar-refractivity contribution in [2.24, 2.45) is 0 Å². The lowest BCUT2D eigenvalue weighted by molar-refractivity contribution is 0.0696. The van der Waals surface area contributed by atoms with E-state index in [0.29, 0.717) is 12.2 Å². The van der Waals surface area contributed by atoms with Gasteiger partial charge in [0.25, 0.3) is 0 Å². The van der Waals surface area contributed by atoms with Gasteiger partial charge in [0.1, 0.15) is 5.75 Å². The highest BCUT2D eigenvalue weighted by Gasteiger charge is 2.25. The van der Waals surface area contributed by atoms with Crippen LogP contribution in [-0.4, -0.2) is 17.7 Å². The topological polar surface area (TPSA) is 46.5 Å². The quantitative estimate of drug-likeness (QED) is 0.911. The van der Waals surface area contributed by atoms with Gasteiger partial charge in [-0.3, -0.25) is 0 Å². The molecule has 0 amide bonds. The van der Waals surface area contributed by atoms with Gasteiger partial charge in [-0.15, -0.1) is 12.4 Å². The zero-order chi connectivity index (χ0) is 14.1. The number of fused-ring (bicyclic) bond motifs is 1. The number of ether oxygens (including phenoxy) is 1. The number of aromatic carboxylic acids is 1. The molecule has 21 heavy (non-hydrogen) atoms. The molecular weight excluding hydrogens is 288 g/mol. The van der Waals surface area contributed by atoms with Gasteiger partial charge in [0, 0.05) is 11.5 Å². The number of hydrogen-bond donors (Lipinski definition) is 1. The Hall–Kier alpha value is -2.00. The molecule has 1 aliphatic heterocycles. The Labute approximate surface area is 130 Å². The highest BCUT2D eigenvalue weighted by atomic mass is 35.5. The second-order valence-corrected chi connectivity index (χ2v) is 5.05. The molecule has 0 bridgehead atoms. The van der Waals surface area contributed by atoms with E-state index in [-0.39, 0.29) is 18.3 Å². The van der Waals surface area contributed by atoms with Crippen LogP contribution < -0.4 is 4.74 Å². The Morgan fingerprint density at radius 3 is 2.62 bits per heavy atom. The fourth-order valence-electron chi connectivity index (χ4n) is 2.93. The molecule has 1 atom stereocenters. The molecule has 1 unspecified atom stereocenters. The van der Waals surface area contributed by atoms with Gasteiger partial charge in [-0.25, -0.2) is 4.79 Å². The molecule has 1 heterocycles. The van der Waals surface area contributed by atoms with E-state index in [2.05, 4.69) is 6.07 Å². The van der Waals surface area contributed by atoms with Crippen LogP contribution in [0, 0.1) is 6.92 Å². The van der Waals surface area contributed by atoms with Gasteiger partial charge in [-0.2, -0.15) is 0 Å². The maximum atomic E-state index is 11.3. The summed E-state index contributed by atoms with van der Waals surface area (Å²) in [5.74, 6) is 0.243. The SMILES string of the molecule is Cc1c(C(=O)O)cccc1C1CCOc2ccccc21.Cl. The van der Waals surface area contributed by atoms with Crippen molar-refractivity contribution in [3.63, 3.8) is 0 Å². The summed E-state index contributed by atoms with van der Waals surface area (Å²) < 4.78 is 5.68. The van der Waals surface area contributed by atoms with Crippen molar-refractivity contribution in [2.45, 2.75) is 19.3 Å². The highest BCUT2D eigenvalue weighted by molar-refractivity contribution is 5.89. The lowest BCUT2D eigenvalue weighted by Gasteiger charge is -2.27. The van der Waals surface area contributed by atoms with E-state index in [1.165, 1.54) is 0 Å². The summed E-state index contributed by atoms with van der Waals surface area (Å²) in [4.78, 5) is 11.3. The molecule has 1 aliphatic rings. The molecule has 3 rings (SSSR count). The number of hydrogen-bond acceptors (Lipinski definition) is 2. The third kappa shape index (κ3) is 2.74. The zero-order valence-electron chi connectivity index (χ0n) is 11.7. The van der Waals surface area contributed by atoms with Crippen LogP contribution in [0.25, 0.3) is 0 Å². The van der Waals surface area contributed by atoms with E-state index in [9.17, 15) is 9.90 Å². The van der Waals surface area contributed by atoms with Crippen molar-refractivity contribution in [2.75, 3.05) is 6.61 Å². The second kappa shape index (κ2) is 6.19. The molecule has 2 aromatic rings. The van der Waals surface area contributed by atoms with Crippen molar-refractivity contribution in [3.05, 3.63) is 64.7 Å². The largest absolute Gasteiger partial charge is 0.493 e. The predicted molar refractivity (Wildman–Crippen MR) is 83.8 cm³/mol. The highest BCUT2D eigenvalue weighted by Crippen LogP contribution is 2.39. The first-order valence-electron chi connectivity index (χ1n) is 6.73. The van der Waals surface area contributed by atoms with Crippen LogP contribution in [0.4, 0.5) is 0 Å². The molecule has 0 fully saturated rings. The minimum atomic E-state index is -0.871. The number of benzene rings is 2. The van der Waals surface area contributed by atoms with Crippen LogP contribution in [0.3, 0.4) is 0 Å². The summed E-state index contributed by atoms with van der Waals surface area (Å²) in [6, 6.07) is 13.5. The molecule has 0 saturated heterocycles. The summed E-state index contributed by atoms with van der Waals surface area (Å²) in [5.41, 5.74) is 3.46. The molecule has 0 saturated carbocycles. The van der Waals surface area contributed by atoms with E-state index in [1.54, 1.807) is 6.07 Å². The Kier molecular flexibility index (Phi) is 4.53. The number of para-hydroxylation sites is 1. The van der Waals surface area contributed by atoms with Gasteiger partial charge in [-0.05, 0) is 36.6 Å². The van der Waals surface area contributed by atoms with Crippen LogP contribution in [-0.2, 0) is 0 Å². The average Bonchev–Trinajstić information content (AvgIpc) is 2.47. The Bertz CT molecular complexity index is 667. The van der Waals surface area contributed by atoms with Gasteiger partial charge in [0.15, 0.2) is 0 Å². The zero-order valence-corrected chi connectivity index (χ0v) is 12.5. The molecule has 0 aromatic heterocycles. The smallest absolute Gasteiger partial charge is 0.335 e. The molecule has 0 aliphatic carbocycles. The van der Waals surface area contributed by atoms with E-state index < -0.39 is 5.97 Å². The molecule has 110 valence electrons. The van der Waals surface area contributed by atoms with Crippen molar-refractivity contribution < 1.29 is 14.6 Å². The summed E-state index contributed by atoms with van der Waals surface area (Å²) in [7, 11) is 0. The molecule has 0 spiro atoms. The van der Waals surface area contributed by atoms with Crippen LogP contribution in [0.5, 0.6) is 5.75 Å². The Morgan fingerprint density at radius 1 is 1.14 bits per heavy atom. The molecule has 2 aromatic carbocycles. The predicted octanol–water partition coefficient (Wildman–Crippen LogP) is 4.03. The van der Waals surface area contributed by atoms with Gasteiger partial charge < -0.3 is 9.84 Å². The number of rotatable bonds is 2. The molecule has 0 radical (unpaired) electrons. The van der Waals surface area contributed by atoms with E-state index >= 15 is 0 Å². The summed E-state index contributed by atoms with van der Waals surface area (Å²) >= 11 is 0. The number of carboxylic acid groups (broad SMARTS) is 1. The first kappa shape index (κ1) is 15.4. The first-order chi connectivity index (χ1) is 9.68. The normalized spacial score (nSPS) is 16.3. The fraction of sp³-hybridized carbons (Fsp3) is 0.235. The third-order valence-electron chi connectivity index (χ3n) is 3.94. The van der Waals surface area contributed by atoms with Crippen molar-refractivity contribution in [1.82, 2.24) is 0 Å². The Balaban J connectivity index is 0.00000161. The van der Waals surface area contributed by atoms with Crippen molar-refractivity contribution in [3.8, 4) is 5.75 Å². The van der Waals surface area contributed by atoms with Gasteiger partial charge in [0.2, 0.25) is 0 Å². The average molecular weight is 305 g/mol. The summed E-state index contributed by atoms with van der Waals surface area (Å²) in [6.45, 7) is 2.55. The second-order valence-electron chi connectivity index (χ2n) is 5.05. The van der Waals surface area contributed by atoms with E-state index in [0.717, 1.165) is 28.9 Å². The van der Waals surface area contributed by atoms with Gasteiger partial charge >= 0.3 is 5.97 Å². The molecule has 3 nitrogen and oxygen atoms in total. The maximum Gasteiger partial charge on any atom is 0.335 e. The van der Waals surface area contributed by atoms with Crippen LogP contribution in [0.15, 0.2) is 42.5 Å². The van der Waals surface area contributed by atoms with Crippen molar-refractivity contribution >= 4 is 18.4 Å². The number of halogens is 1. The maximum absolute atomic E-state index is 11.3. The van der Waals surface area contributed by atoms with Gasteiger partial charge in [0.05, 0.1) is 12.2 Å². The lowest BCUT2D eigenvalue weighted by atomic mass is 9.83. The number of carboxylic acids is 1. The van der Waals surface area contributed by atoms with Crippen LogP contribution >= 0.6 is 12.4 Å². The van der Waals surface area contributed by atoms with E-state index in [4.69, 9.17) is 4.74 Å². The third-order valence-corrected chi connectivity index (χ3v) is 3.94. The van der Waals surface area contributed by atoms with E-state index in [1.807, 2.05) is 37.3 Å². The molecule has 4 heteroatoms. The summed E-state index contributed by atoms with van der Waals surface area (Å²) in [6.07, 6.45) is 0.876. The minimum absolute atomic E-state index is 0. The number of carbonyl (C=O) groups is 1. The fourth-order valence-corrected chi connectivity index (χ4v) is 2.93.